The minimum absolute atomic E-state index is 0.145. The Morgan fingerprint density at radius 3 is 2.42 bits per heavy atom. The molecule has 0 amide bonds. The Kier molecular flexibility index (Phi) is 5.42. The van der Waals surface area contributed by atoms with E-state index in [1.165, 1.54) is 29.4 Å². The lowest BCUT2D eigenvalue weighted by atomic mass is 9.85. The third-order valence-corrected chi connectivity index (χ3v) is 5.10. The van der Waals surface area contributed by atoms with Gasteiger partial charge < -0.3 is 9.64 Å². The number of hydrogen-bond acceptors (Lipinski definition) is 3. The largest absolute Gasteiger partial charge is 0.467 e. The third kappa shape index (κ3) is 3.35. The summed E-state index contributed by atoms with van der Waals surface area (Å²) in [5.41, 5.74) is 5.95. The number of unbranched alkanes of at least 4 members (excludes halogenated alkanes) is 1. The summed E-state index contributed by atoms with van der Waals surface area (Å²) in [5, 5.41) is 0. The monoisotopic (exact) mass is 329 g/mol. The lowest BCUT2D eigenvalue weighted by Crippen LogP contribution is -2.54. The number of carbonyl (C=O) groups is 1. The van der Waals surface area contributed by atoms with Crippen molar-refractivity contribution >= 4 is 17.2 Å². The lowest BCUT2D eigenvalue weighted by Gasteiger charge is -2.47. The second kappa shape index (κ2) is 7.00. The summed E-state index contributed by atoms with van der Waals surface area (Å²) in [7, 11) is 1.49. The fourth-order valence-electron chi connectivity index (χ4n) is 3.76. The third-order valence-electron chi connectivity index (χ3n) is 5.10. The van der Waals surface area contributed by atoms with Crippen LogP contribution in [0.15, 0.2) is 18.2 Å². The summed E-state index contributed by atoms with van der Waals surface area (Å²) in [6.07, 6.45) is 5.16. The number of nitrogens with zero attached hydrogens (tertiary/aromatic N) is 1. The highest BCUT2D eigenvalue weighted by Gasteiger charge is 2.39. The zero-order valence-electron chi connectivity index (χ0n) is 16.2. The van der Waals surface area contributed by atoms with Gasteiger partial charge >= 0.3 is 5.97 Å². The number of fused-ring (bicyclic) bond motifs is 1. The van der Waals surface area contributed by atoms with Crippen LogP contribution in [0.4, 0.5) is 5.69 Å². The molecule has 3 heteroatoms. The number of aryl methyl sites for hydroxylation is 2. The first-order chi connectivity index (χ1) is 11.2. The van der Waals surface area contributed by atoms with E-state index in [0.717, 1.165) is 24.9 Å². The van der Waals surface area contributed by atoms with Gasteiger partial charge in [-0.3, -0.25) is 0 Å². The van der Waals surface area contributed by atoms with Crippen molar-refractivity contribution in [3.63, 3.8) is 0 Å². The van der Waals surface area contributed by atoms with E-state index in [-0.39, 0.29) is 17.6 Å². The molecule has 0 N–H and O–H groups in total. The molecule has 0 saturated carbocycles. The molecule has 0 aromatic heterocycles. The van der Waals surface area contributed by atoms with Gasteiger partial charge in [0.2, 0.25) is 0 Å². The van der Waals surface area contributed by atoms with Gasteiger partial charge in [0, 0.05) is 11.3 Å². The zero-order chi connectivity index (χ0) is 18.1. The second-order valence-corrected chi connectivity index (χ2v) is 7.49. The molecule has 24 heavy (non-hydrogen) atoms. The van der Waals surface area contributed by atoms with Crippen LogP contribution in [-0.2, 0) is 9.53 Å². The Bertz CT molecular complexity index is 658. The van der Waals surface area contributed by atoms with Crippen LogP contribution >= 0.6 is 0 Å². The number of rotatable bonds is 5. The Hall–Kier alpha value is -1.77. The summed E-state index contributed by atoms with van der Waals surface area (Å²) in [4.78, 5) is 14.8. The van der Waals surface area contributed by atoms with Gasteiger partial charge in [0.1, 0.15) is 6.04 Å². The predicted molar refractivity (Wildman–Crippen MR) is 101 cm³/mol. The number of benzene rings is 1. The molecule has 1 aromatic rings. The van der Waals surface area contributed by atoms with Gasteiger partial charge in [0.15, 0.2) is 0 Å². The van der Waals surface area contributed by atoms with Crippen LogP contribution in [0.5, 0.6) is 0 Å². The van der Waals surface area contributed by atoms with Crippen molar-refractivity contribution in [3.8, 4) is 0 Å². The van der Waals surface area contributed by atoms with E-state index in [0.29, 0.717) is 0 Å². The average molecular weight is 329 g/mol. The van der Waals surface area contributed by atoms with Gasteiger partial charge in [0.25, 0.3) is 0 Å². The second-order valence-electron chi connectivity index (χ2n) is 7.49. The number of esters is 1. The van der Waals surface area contributed by atoms with Crippen LogP contribution in [-0.4, -0.2) is 24.7 Å². The fraction of sp³-hybridized carbons (Fsp3) is 0.571. The first kappa shape index (κ1) is 18.6. The van der Waals surface area contributed by atoms with E-state index in [4.69, 9.17) is 4.74 Å². The molecule has 2 rings (SSSR count). The molecule has 3 nitrogen and oxygen atoms in total. The average Bonchev–Trinajstić information content (AvgIpc) is 2.51. The highest BCUT2D eigenvalue weighted by Crippen LogP contribution is 2.42. The molecule has 0 saturated heterocycles. The molecule has 1 atom stereocenters. The molecule has 0 aliphatic carbocycles. The van der Waals surface area contributed by atoms with E-state index in [1.54, 1.807) is 0 Å². The van der Waals surface area contributed by atoms with Crippen LogP contribution < -0.4 is 4.90 Å². The topological polar surface area (TPSA) is 29.5 Å². The fourth-order valence-corrected chi connectivity index (χ4v) is 3.76. The maximum Gasteiger partial charge on any atom is 0.328 e. The van der Waals surface area contributed by atoms with Gasteiger partial charge in [-0.25, -0.2) is 4.79 Å². The first-order valence-corrected chi connectivity index (χ1v) is 8.91. The molecule has 1 heterocycles. The van der Waals surface area contributed by atoms with Gasteiger partial charge in [0.05, 0.1) is 12.6 Å². The number of ether oxygens (including phenoxy) is 1. The number of carbonyl (C=O) groups excluding carboxylic acids is 1. The van der Waals surface area contributed by atoms with Crippen molar-refractivity contribution in [2.75, 3.05) is 12.0 Å². The molecular weight excluding hydrogens is 298 g/mol. The summed E-state index contributed by atoms with van der Waals surface area (Å²) < 4.78 is 5.15. The normalized spacial score (nSPS) is 17.1. The maximum atomic E-state index is 12.6. The Balaban J connectivity index is 2.62. The molecule has 0 radical (unpaired) electrons. The van der Waals surface area contributed by atoms with Crippen molar-refractivity contribution in [1.29, 1.82) is 0 Å². The summed E-state index contributed by atoms with van der Waals surface area (Å²) >= 11 is 0. The van der Waals surface area contributed by atoms with Crippen molar-refractivity contribution < 1.29 is 9.53 Å². The smallest absolute Gasteiger partial charge is 0.328 e. The first-order valence-electron chi connectivity index (χ1n) is 8.91. The van der Waals surface area contributed by atoms with Crippen LogP contribution in [0.25, 0.3) is 5.57 Å². The van der Waals surface area contributed by atoms with E-state index < -0.39 is 0 Å². The van der Waals surface area contributed by atoms with Gasteiger partial charge in [-0.05, 0) is 69.9 Å². The van der Waals surface area contributed by atoms with Crippen molar-refractivity contribution in [1.82, 2.24) is 0 Å². The highest BCUT2D eigenvalue weighted by molar-refractivity contribution is 5.88. The Morgan fingerprint density at radius 2 is 1.83 bits per heavy atom. The molecule has 0 fully saturated rings. The number of hydrogen-bond donors (Lipinski definition) is 0. The standard InChI is InChI=1S/C21H31NO2/c1-8-9-10-18(20(23)24-7)22-19-12-15(3)14(2)11-17(19)16(4)13-21(22,5)6/h11-13,18H,8-10H2,1-7H3/t18-/m0/s1. The van der Waals surface area contributed by atoms with Crippen molar-refractivity contribution in [2.24, 2.45) is 0 Å². The lowest BCUT2D eigenvalue weighted by molar-refractivity contribution is -0.142. The molecular formula is C21H31NO2. The number of methoxy groups -OCH3 is 1. The van der Waals surface area contributed by atoms with Crippen molar-refractivity contribution in [3.05, 3.63) is 34.9 Å². The van der Waals surface area contributed by atoms with Gasteiger partial charge in [-0.15, -0.1) is 0 Å². The predicted octanol–water partition coefficient (Wildman–Crippen LogP) is 5.04. The van der Waals surface area contributed by atoms with Gasteiger partial charge in [-0.2, -0.15) is 0 Å². The highest BCUT2D eigenvalue weighted by atomic mass is 16.5. The Morgan fingerprint density at radius 1 is 1.21 bits per heavy atom. The molecule has 1 aromatic carbocycles. The number of anilines is 1. The summed E-state index contributed by atoms with van der Waals surface area (Å²) in [6.45, 7) is 12.9. The minimum Gasteiger partial charge on any atom is -0.467 e. The molecule has 1 aliphatic rings. The number of allylic oxidation sites excluding steroid dienone is 1. The van der Waals surface area contributed by atoms with Crippen LogP contribution in [0.3, 0.4) is 0 Å². The SMILES string of the molecule is CCCC[C@@H](C(=O)OC)N1c2cc(C)c(C)cc2C(C)=CC1(C)C. The van der Waals surface area contributed by atoms with Gasteiger partial charge in [-0.1, -0.05) is 25.8 Å². The molecule has 0 spiro atoms. The minimum atomic E-state index is -0.254. The summed E-state index contributed by atoms with van der Waals surface area (Å²) in [6, 6.07) is 4.22. The molecule has 0 unspecified atom stereocenters. The van der Waals surface area contributed by atoms with Crippen LogP contribution in [0, 0.1) is 13.8 Å². The maximum absolute atomic E-state index is 12.6. The van der Waals surface area contributed by atoms with Crippen LogP contribution in [0.2, 0.25) is 0 Å². The zero-order valence-corrected chi connectivity index (χ0v) is 16.2. The van der Waals surface area contributed by atoms with E-state index in [2.05, 4.69) is 64.7 Å². The Labute approximate surface area is 146 Å². The van der Waals surface area contributed by atoms with E-state index >= 15 is 0 Å². The quantitative estimate of drug-likeness (QED) is 0.709. The molecule has 0 bridgehead atoms. The van der Waals surface area contributed by atoms with Crippen LogP contribution in [0.1, 0.15) is 63.6 Å². The van der Waals surface area contributed by atoms with Crippen molar-refractivity contribution in [2.45, 2.75) is 72.4 Å². The van der Waals surface area contributed by atoms with E-state index in [9.17, 15) is 4.79 Å². The molecule has 132 valence electrons. The summed E-state index contributed by atoms with van der Waals surface area (Å²) in [5.74, 6) is -0.145. The molecule has 1 aliphatic heterocycles. The van der Waals surface area contributed by atoms with E-state index in [1.807, 2.05) is 0 Å².